The van der Waals surface area contributed by atoms with Crippen LogP contribution in [0.1, 0.15) is 49.7 Å². The molecule has 4 rings (SSSR count). The molecule has 36 heavy (non-hydrogen) atoms. The van der Waals surface area contributed by atoms with E-state index in [0.29, 0.717) is 24.6 Å². The summed E-state index contributed by atoms with van der Waals surface area (Å²) in [6.45, 7) is 1.80. The third-order valence-corrected chi connectivity index (χ3v) is 5.85. The van der Waals surface area contributed by atoms with Crippen LogP contribution >= 0.6 is 0 Å². The highest BCUT2D eigenvalue weighted by Crippen LogP contribution is 2.33. The van der Waals surface area contributed by atoms with E-state index < -0.39 is 0 Å². The predicted octanol–water partition coefficient (Wildman–Crippen LogP) is 4.44. The maximum absolute atomic E-state index is 12.0. The molecule has 0 aromatic heterocycles. The van der Waals surface area contributed by atoms with Gasteiger partial charge in [-0.3, -0.25) is 9.59 Å². The molecule has 8 nitrogen and oxygen atoms in total. The monoisotopic (exact) mass is 492 g/mol. The van der Waals surface area contributed by atoms with Crippen molar-refractivity contribution in [1.29, 1.82) is 0 Å². The van der Waals surface area contributed by atoms with E-state index in [1.54, 1.807) is 12.2 Å². The molecule has 0 saturated carbocycles. The molecule has 0 unspecified atom stereocenters. The van der Waals surface area contributed by atoms with Gasteiger partial charge in [-0.15, -0.1) is 0 Å². The molecule has 2 aliphatic heterocycles. The van der Waals surface area contributed by atoms with E-state index in [9.17, 15) is 9.59 Å². The van der Waals surface area contributed by atoms with Gasteiger partial charge in [0.05, 0.1) is 0 Å². The summed E-state index contributed by atoms with van der Waals surface area (Å²) in [7, 11) is 0. The van der Waals surface area contributed by atoms with Crippen LogP contribution in [0.3, 0.4) is 0 Å². The van der Waals surface area contributed by atoms with Gasteiger partial charge in [-0.2, -0.15) is 0 Å². The van der Waals surface area contributed by atoms with Crippen molar-refractivity contribution in [1.82, 2.24) is 10.6 Å². The fourth-order valence-electron chi connectivity index (χ4n) is 3.88. The maximum atomic E-state index is 12.0. The lowest BCUT2D eigenvalue weighted by atomic mass is 10.1. The van der Waals surface area contributed by atoms with E-state index in [4.69, 9.17) is 18.9 Å². The van der Waals surface area contributed by atoms with Crippen LogP contribution < -0.4 is 29.6 Å². The second kappa shape index (κ2) is 13.2. The third kappa shape index (κ3) is 7.80. The number of carbonyl (C=O) groups excluding carboxylic acids is 2. The van der Waals surface area contributed by atoms with Crippen LogP contribution in [0.5, 0.6) is 23.0 Å². The summed E-state index contributed by atoms with van der Waals surface area (Å²) in [5.74, 6) is 2.66. The fourth-order valence-corrected chi connectivity index (χ4v) is 3.88. The highest BCUT2D eigenvalue weighted by atomic mass is 16.7. The summed E-state index contributed by atoms with van der Waals surface area (Å²) in [5.41, 5.74) is 1.79. The maximum Gasteiger partial charge on any atom is 0.243 e. The van der Waals surface area contributed by atoms with Gasteiger partial charge < -0.3 is 29.6 Å². The number of unbranched alkanes of at least 4 members (excludes halogenated alkanes) is 5. The zero-order valence-electron chi connectivity index (χ0n) is 20.3. The summed E-state index contributed by atoms with van der Waals surface area (Å²) >= 11 is 0. The topological polar surface area (TPSA) is 95.1 Å². The van der Waals surface area contributed by atoms with Gasteiger partial charge in [-0.05, 0) is 60.4 Å². The molecule has 0 aliphatic carbocycles. The normalized spacial score (nSPS) is 13.4. The Hall–Kier alpha value is -3.94. The summed E-state index contributed by atoms with van der Waals surface area (Å²) in [4.78, 5) is 24.0. The zero-order valence-corrected chi connectivity index (χ0v) is 20.3. The summed E-state index contributed by atoms with van der Waals surface area (Å²) < 4.78 is 21.2. The predicted molar refractivity (Wildman–Crippen MR) is 137 cm³/mol. The average molecular weight is 493 g/mol. The average Bonchev–Trinajstić information content (AvgIpc) is 3.56. The number of ether oxygens (including phenoxy) is 4. The SMILES string of the molecule is O=C(/C=C/c1ccc2c(c1)OCO2)NCCCCCCCCNC(=O)/C=C/c1ccc2c(c1)OCO2. The molecule has 0 saturated heterocycles. The first-order valence-corrected chi connectivity index (χ1v) is 12.4. The number of hydrogen-bond donors (Lipinski definition) is 2. The zero-order chi connectivity index (χ0) is 25.0. The number of nitrogens with one attached hydrogen (secondary N) is 2. The van der Waals surface area contributed by atoms with E-state index in [-0.39, 0.29) is 25.4 Å². The van der Waals surface area contributed by atoms with E-state index >= 15 is 0 Å². The van der Waals surface area contributed by atoms with Gasteiger partial charge in [0.15, 0.2) is 23.0 Å². The van der Waals surface area contributed by atoms with Crippen LogP contribution in [-0.4, -0.2) is 38.5 Å². The van der Waals surface area contributed by atoms with Gasteiger partial charge in [-0.25, -0.2) is 0 Å². The Labute approximate surface area is 211 Å². The summed E-state index contributed by atoms with van der Waals surface area (Å²) in [6, 6.07) is 11.2. The fraction of sp³-hybridized carbons (Fsp3) is 0.357. The minimum atomic E-state index is -0.101. The smallest absolute Gasteiger partial charge is 0.243 e. The lowest BCUT2D eigenvalue weighted by Crippen LogP contribution is -2.22. The minimum Gasteiger partial charge on any atom is -0.454 e. The molecule has 0 atom stereocenters. The third-order valence-electron chi connectivity index (χ3n) is 5.85. The first-order chi connectivity index (χ1) is 17.7. The van der Waals surface area contributed by atoms with E-state index in [0.717, 1.165) is 61.2 Å². The molecule has 2 N–H and O–H groups in total. The van der Waals surface area contributed by atoms with Crippen LogP contribution in [0.15, 0.2) is 48.6 Å². The van der Waals surface area contributed by atoms with E-state index in [1.807, 2.05) is 36.4 Å². The van der Waals surface area contributed by atoms with Crippen molar-refractivity contribution < 1.29 is 28.5 Å². The highest BCUT2D eigenvalue weighted by molar-refractivity contribution is 5.92. The molecular formula is C28H32N2O6. The van der Waals surface area contributed by atoms with E-state index in [2.05, 4.69) is 10.6 Å². The standard InChI is InChI=1S/C28H32N2O6/c31-27(13-9-21-7-11-23-25(17-21)35-19-33-23)29-15-5-3-1-2-4-6-16-30-28(32)14-10-22-8-12-24-26(18-22)36-20-34-24/h7-14,17-18H,1-6,15-16,19-20H2,(H,29,31)(H,30,32)/b13-9+,14-10+. The molecule has 2 aliphatic rings. The van der Waals surface area contributed by atoms with Crippen molar-refractivity contribution in [2.45, 2.75) is 38.5 Å². The number of hydrogen-bond acceptors (Lipinski definition) is 6. The number of rotatable bonds is 13. The first-order valence-electron chi connectivity index (χ1n) is 12.4. The van der Waals surface area contributed by atoms with Crippen LogP contribution in [0.25, 0.3) is 12.2 Å². The molecule has 190 valence electrons. The summed E-state index contributed by atoms with van der Waals surface area (Å²) in [5, 5.41) is 5.83. The Bertz CT molecular complexity index is 1020. The van der Waals surface area contributed by atoms with Gasteiger partial charge in [0, 0.05) is 25.2 Å². The molecule has 0 fully saturated rings. The highest BCUT2D eigenvalue weighted by Gasteiger charge is 2.13. The molecule has 2 aromatic rings. The van der Waals surface area contributed by atoms with Crippen LogP contribution in [0.4, 0.5) is 0 Å². The van der Waals surface area contributed by atoms with Crippen molar-refractivity contribution in [2.75, 3.05) is 26.7 Å². The second-order valence-electron chi connectivity index (χ2n) is 8.60. The Balaban J connectivity index is 0.979. The van der Waals surface area contributed by atoms with Crippen molar-refractivity contribution >= 4 is 24.0 Å². The number of fused-ring (bicyclic) bond motifs is 2. The lowest BCUT2D eigenvalue weighted by molar-refractivity contribution is -0.117. The van der Waals surface area contributed by atoms with Crippen molar-refractivity contribution in [2.24, 2.45) is 0 Å². The van der Waals surface area contributed by atoms with Gasteiger partial charge >= 0.3 is 0 Å². The molecule has 0 radical (unpaired) electrons. The molecule has 0 bridgehead atoms. The summed E-state index contributed by atoms with van der Waals surface area (Å²) in [6.07, 6.45) is 12.9. The van der Waals surface area contributed by atoms with Gasteiger partial charge in [0.25, 0.3) is 0 Å². The minimum absolute atomic E-state index is 0.101. The van der Waals surface area contributed by atoms with Gasteiger partial charge in [0.1, 0.15) is 0 Å². The van der Waals surface area contributed by atoms with E-state index in [1.165, 1.54) is 12.2 Å². The van der Waals surface area contributed by atoms with Gasteiger partial charge in [-0.1, -0.05) is 37.8 Å². The first kappa shape index (κ1) is 25.2. The number of carbonyl (C=O) groups is 2. The second-order valence-corrected chi connectivity index (χ2v) is 8.60. The number of amides is 2. The largest absolute Gasteiger partial charge is 0.454 e. The molecule has 2 amide bonds. The Morgan fingerprint density at radius 1 is 0.611 bits per heavy atom. The van der Waals surface area contributed by atoms with Crippen LogP contribution in [0, 0.1) is 0 Å². The van der Waals surface area contributed by atoms with Gasteiger partial charge in [0.2, 0.25) is 25.4 Å². The molecule has 2 heterocycles. The molecular weight excluding hydrogens is 460 g/mol. The van der Waals surface area contributed by atoms with Crippen LogP contribution in [-0.2, 0) is 9.59 Å². The molecule has 0 spiro atoms. The van der Waals surface area contributed by atoms with Crippen molar-refractivity contribution in [3.05, 3.63) is 59.7 Å². The number of benzene rings is 2. The molecule has 8 heteroatoms. The quantitative estimate of drug-likeness (QED) is 0.317. The molecule has 2 aromatic carbocycles. The Kier molecular flexibility index (Phi) is 9.25. The Morgan fingerprint density at radius 3 is 1.50 bits per heavy atom. The Morgan fingerprint density at radius 2 is 1.03 bits per heavy atom. The lowest BCUT2D eigenvalue weighted by Gasteiger charge is -2.04. The van der Waals surface area contributed by atoms with Crippen molar-refractivity contribution in [3.8, 4) is 23.0 Å². The van der Waals surface area contributed by atoms with Crippen molar-refractivity contribution in [3.63, 3.8) is 0 Å². The van der Waals surface area contributed by atoms with Crippen LogP contribution in [0.2, 0.25) is 0 Å².